The number of benzene rings is 2. The summed E-state index contributed by atoms with van der Waals surface area (Å²) in [6, 6.07) is 12.9. The molecule has 32 heavy (non-hydrogen) atoms. The maximum Gasteiger partial charge on any atom is 0.267 e. The normalized spacial score (nSPS) is 14.1. The Balaban J connectivity index is 1.40. The summed E-state index contributed by atoms with van der Waals surface area (Å²) in [5.41, 5.74) is 2.78. The van der Waals surface area contributed by atoms with Crippen molar-refractivity contribution in [1.29, 1.82) is 0 Å². The van der Waals surface area contributed by atoms with E-state index in [4.69, 9.17) is 11.6 Å². The fourth-order valence-corrected chi connectivity index (χ4v) is 4.50. The maximum absolute atomic E-state index is 12.6. The molecule has 0 atom stereocenters. The van der Waals surface area contributed by atoms with Crippen LogP contribution in [0.2, 0.25) is 5.02 Å². The standard InChI is InChI=1S/C23H24ClN5O2S/c1-14-4-2-7-18(24)20(14)29-22(31)19-13-26-23(32-19)28-17-6-3-5-15(12-17)21(30)27-16-8-10-25-11-9-16/h2-7,12-13,16,25H,8-11H2,1H3,(H,26,28)(H,27,30)(H,29,31). The van der Waals surface area contributed by atoms with Crippen LogP contribution >= 0.6 is 22.9 Å². The molecule has 1 aliphatic heterocycles. The van der Waals surface area contributed by atoms with E-state index in [1.54, 1.807) is 18.2 Å². The lowest BCUT2D eigenvalue weighted by Gasteiger charge is -2.23. The van der Waals surface area contributed by atoms with Crippen LogP contribution in [0.1, 0.15) is 38.4 Å². The van der Waals surface area contributed by atoms with Crippen molar-refractivity contribution in [3.63, 3.8) is 0 Å². The van der Waals surface area contributed by atoms with Crippen LogP contribution in [0, 0.1) is 6.92 Å². The van der Waals surface area contributed by atoms with Gasteiger partial charge in [0.25, 0.3) is 11.8 Å². The number of para-hydroxylation sites is 1. The quantitative estimate of drug-likeness (QED) is 0.423. The van der Waals surface area contributed by atoms with E-state index < -0.39 is 0 Å². The fourth-order valence-electron chi connectivity index (χ4n) is 3.50. The Bertz CT molecular complexity index is 1110. The molecule has 166 valence electrons. The van der Waals surface area contributed by atoms with Gasteiger partial charge >= 0.3 is 0 Å². The SMILES string of the molecule is Cc1cccc(Cl)c1NC(=O)c1cnc(Nc2cccc(C(=O)NC3CCNCC3)c2)s1. The molecule has 4 rings (SSSR count). The van der Waals surface area contributed by atoms with Crippen molar-refractivity contribution in [2.75, 3.05) is 23.7 Å². The van der Waals surface area contributed by atoms with Crippen molar-refractivity contribution in [3.05, 3.63) is 69.7 Å². The first-order chi connectivity index (χ1) is 15.5. The number of amides is 2. The van der Waals surface area contributed by atoms with Crippen molar-refractivity contribution in [2.45, 2.75) is 25.8 Å². The minimum absolute atomic E-state index is 0.0881. The molecule has 2 aromatic carbocycles. The number of carbonyl (C=O) groups excluding carboxylic acids is 2. The van der Waals surface area contributed by atoms with Crippen LogP contribution in [-0.4, -0.2) is 35.9 Å². The second-order valence-corrected chi connectivity index (χ2v) is 9.06. The van der Waals surface area contributed by atoms with Crippen LogP contribution in [0.3, 0.4) is 0 Å². The van der Waals surface area contributed by atoms with E-state index in [2.05, 4.69) is 26.3 Å². The summed E-state index contributed by atoms with van der Waals surface area (Å²) >= 11 is 7.43. The Hall–Kier alpha value is -2.94. The van der Waals surface area contributed by atoms with Crippen molar-refractivity contribution < 1.29 is 9.59 Å². The first kappa shape index (κ1) is 22.3. The van der Waals surface area contributed by atoms with E-state index >= 15 is 0 Å². The van der Waals surface area contributed by atoms with Gasteiger partial charge < -0.3 is 21.3 Å². The van der Waals surface area contributed by atoms with Gasteiger partial charge in [-0.15, -0.1) is 0 Å². The topological polar surface area (TPSA) is 95.2 Å². The summed E-state index contributed by atoms with van der Waals surface area (Å²) in [7, 11) is 0. The Morgan fingerprint density at radius 3 is 2.69 bits per heavy atom. The molecule has 0 bridgehead atoms. The number of carbonyl (C=O) groups is 2. The monoisotopic (exact) mass is 469 g/mol. The third-order valence-electron chi connectivity index (χ3n) is 5.24. The average molecular weight is 470 g/mol. The molecule has 1 aromatic heterocycles. The van der Waals surface area contributed by atoms with Crippen LogP contribution in [0.4, 0.5) is 16.5 Å². The second-order valence-electron chi connectivity index (χ2n) is 7.62. The van der Waals surface area contributed by atoms with Gasteiger partial charge in [-0.25, -0.2) is 4.98 Å². The van der Waals surface area contributed by atoms with Crippen molar-refractivity contribution in [2.24, 2.45) is 0 Å². The highest BCUT2D eigenvalue weighted by Gasteiger charge is 2.17. The minimum Gasteiger partial charge on any atom is -0.349 e. The predicted molar refractivity (Wildman–Crippen MR) is 129 cm³/mol. The second kappa shape index (κ2) is 10.1. The number of thiazole rings is 1. The van der Waals surface area contributed by atoms with Gasteiger partial charge in [0.05, 0.1) is 16.9 Å². The van der Waals surface area contributed by atoms with Gasteiger partial charge in [-0.2, -0.15) is 0 Å². The van der Waals surface area contributed by atoms with E-state index in [-0.39, 0.29) is 17.9 Å². The Kier molecular flexibility index (Phi) is 7.04. The number of nitrogens with zero attached hydrogens (tertiary/aromatic N) is 1. The molecule has 3 aromatic rings. The number of hydrogen-bond donors (Lipinski definition) is 4. The van der Waals surface area contributed by atoms with Gasteiger partial charge in [0, 0.05) is 17.3 Å². The Labute approximate surface area is 195 Å². The highest BCUT2D eigenvalue weighted by Crippen LogP contribution is 2.28. The molecule has 2 amide bonds. The first-order valence-electron chi connectivity index (χ1n) is 10.4. The summed E-state index contributed by atoms with van der Waals surface area (Å²) in [6.45, 7) is 3.72. The fraction of sp³-hybridized carbons (Fsp3) is 0.261. The number of aryl methyl sites for hydroxylation is 1. The lowest BCUT2D eigenvalue weighted by molar-refractivity contribution is 0.0929. The molecule has 9 heteroatoms. The molecule has 0 unspecified atom stereocenters. The Morgan fingerprint density at radius 1 is 1.12 bits per heavy atom. The summed E-state index contributed by atoms with van der Waals surface area (Å²) < 4.78 is 0. The van der Waals surface area contributed by atoms with Crippen LogP contribution in [0.15, 0.2) is 48.7 Å². The molecule has 0 spiro atoms. The van der Waals surface area contributed by atoms with E-state index in [0.29, 0.717) is 26.3 Å². The number of nitrogens with one attached hydrogen (secondary N) is 4. The first-order valence-corrected chi connectivity index (χ1v) is 11.6. The molecule has 0 radical (unpaired) electrons. The van der Waals surface area contributed by atoms with E-state index in [0.717, 1.165) is 37.2 Å². The molecular formula is C23H24ClN5O2S. The highest BCUT2D eigenvalue weighted by molar-refractivity contribution is 7.17. The van der Waals surface area contributed by atoms with Gasteiger partial charge in [0.1, 0.15) is 4.88 Å². The third-order valence-corrected chi connectivity index (χ3v) is 6.47. The largest absolute Gasteiger partial charge is 0.349 e. The molecule has 1 saturated heterocycles. The van der Waals surface area contributed by atoms with E-state index in [1.165, 1.54) is 17.5 Å². The third kappa shape index (κ3) is 5.45. The Morgan fingerprint density at radius 2 is 1.91 bits per heavy atom. The van der Waals surface area contributed by atoms with Crippen molar-refractivity contribution >= 4 is 51.3 Å². The molecule has 4 N–H and O–H groups in total. The number of rotatable bonds is 6. The summed E-state index contributed by atoms with van der Waals surface area (Å²) in [6.07, 6.45) is 3.38. The summed E-state index contributed by atoms with van der Waals surface area (Å²) in [5, 5.41) is 13.5. The number of hydrogen-bond acceptors (Lipinski definition) is 6. The minimum atomic E-state index is -0.276. The lowest BCUT2D eigenvalue weighted by Crippen LogP contribution is -2.42. The number of piperidine rings is 1. The zero-order valence-electron chi connectivity index (χ0n) is 17.6. The van der Waals surface area contributed by atoms with Crippen LogP contribution in [0.25, 0.3) is 0 Å². The van der Waals surface area contributed by atoms with Gasteiger partial charge in [0.2, 0.25) is 0 Å². The number of aromatic nitrogens is 1. The van der Waals surface area contributed by atoms with Gasteiger partial charge in [-0.3, -0.25) is 9.59 Å². The molecule has 0 aliphatic carbocycles. The zero-order valence-corrected chi connectivity index (χ0v) is 19.1. The predicted octanol–water partition coefficient (Wildman–Crippen LogP) is 4.58. The maximum atomic E-state index is 12.6. The van der Waals surface area contributed by atoms with Gasteiger partial charge in [-0.05, 0) is 62.7 Å². The molecule has 1 aliphatic rings. The molecule has 7 nitrogen and oxygen atoms in total. The van der Waals surface area contributed by atoms with Gasteiger partial charge in [-0.1, -0.05) is 41.1 Å². The number of halogens is 1. The van der Waals surface area contributed by atoms with Crippen LogP contribution in [-0.2, 0) is 0 Å². The summed E-state index contributed by atoms with van der Waals surface area (Å²) in [4.78, 5) is 30.0. The van der Waals surface area contributed by atoms with Gasteiger partial charge in [0.15, 0.2) is 5.13 Å². The van der Waals surface area contributed by atoms with E-state index in [9.17, 15) is 9.59 Å². The smallest absolute Gasteiger partial charge is 0.267 e. The number of anilines is 3. The van der Waals surface area contributed by atoms with Crippen molar-refractivity contribution in [1.82, 2.24) is 15.6 Å². The van der Waals surface area contributed by atoms with Crippen molar-refractivity contribution in [3.8, 4) is 0 Å². The average Bonchev–Trinajstić information content (AvgIpc) is 3.26. The van der Waals surface area contributed by atoms with Crippen LogP contribution in [0.5, 0.6) is 0 Å². The van der Waals surface area contributed by atoms with Crippen LogP contribution < -0.4 is 21.3 Å². The zero-order chi connectivity index (χ0) is 22.5. The summed E-state index contributed by atoms with van der Waals surface area (Å²) in [5.74, 6) is -0.364. The lowest BCUT2D eigenvalue weighted by atomic mass is 10.1. The molecule has 0 saturated carbocycles. The molecule has 1 fully saturated rings. The molecular weight excluding hydrogens is 446 g/mol. The molecule has 2 heterocycles. The van der Waals surface area contributed by atoms with E-state index in [1.807, 2.05) is 31.2 Å². The highest BCUT2D eigenvalue weighted by atomic mass is 35.5.